The van der Waals surface area contributed by atoms with Crippen molar-refractivity contribution in [1.82, 2.24) is 0 Å². The molecule has 0 aromatic heterocycles. The van der Waals surface area contributed by atoms with Gasteiger partial charge in [-0.3, -0.25) is 4.79 Å². The van der Waals surface area contributed by atoms with Crippen molar-refractivity contribution in [3.63, 3.8) is 0 Å². The second-order valence-corrected chi connectivity index (χ2v) is 5.92. The average Bonchev–Trinajstić information content (AvgIpc) is 2.84. The van der Waals surface area contributed by atoms with Gasteiger partial charge in [0.25, 0.3) is 0 Å². The lowest BCUT2D eigenvalue weighted by atomic mass is 10.0. The van der Waals surface area contributed by atoms with Crippen LogP contribution in [0.15, 0.2) is 16.6 Å². The molecule has 0 radical (unpaired) electrons. The number of halogens is 2. The number of phenolic OH excluding ortho intramolecular Hbond substituents is 1. The van der Waals surface area contributed by atoms with Gasteiger partial charge < -0.3 is 15.2 Å². The molecule has 0 spiro atoms. The fourth-order valence-corrected chi connectivity index (χ4v) is 2.87. The number of hydrogen-bond acceptors (Lipinski definition) is 3. The normalized spacial score (nSPS) is 18.5. The number of phenols is 1. The molecule has 1 aliphatic rings. The summed E-state index contributed by atoms with van der Waals surface area (Å²) >= 11 is 9.20. The van der Waals surface area contributed by atoms with Crippen LogP contribution in [0.5, 0.6) is 5.75 Å². The van der Waals surface area contributed by atoms with Crippen LogP contribution in [0.4, 0.5) is 5.69 Å². The van der Waals surface area contributed by atoms with Crippen LogP contribution in [-0.4, -0.2) is 24.2 Å². The molecule has 104 valence electrons. The fourth-order valence-electron chi connectivity index (χ4n) is 2.03. The summed E-state index contributed by atoms with van der Waals surface area (Å²) in [6, 6.07) is 3.12. The number of ether oxygens (including phenoxy) is 1. The zero-order valence-corrected chi connectivity index (χ0v) is 12.6. The van der Waals surface area contributed by atoms with E-state index in [2.05, 4.69) is 21.2 Å². The molecule has 6 heteroatoms. The SMILES string of the molecule is O=C(CC[C@@H]1CCOC1)Nc1c(O)cc(Br)cc1Cl. The number of carbonyl (C=O) groups is 1. The smallest absolute Gasteiger partial charge is 0.224 e. The number of hydrogen-bond donors (Lipinski definition) is 2. The average molecular weight is 349 g/mol. The predicted octanol–water partition coefficient (Wildman–Crippen LogP) is 3.56. The lowest BCUT2D eigenvalue weighted by Gasteiger charge is -2.11. The Balaban J connectivity index is 1.91. The molecule has 4 nitrogen and oxygen atoms in total. The maximum Gasteiger partial charge on any atom is 0.224 e. The van der Waals surface area contributed by atoms with Gasteiger partial charge in [0.15, 0.2) is 0 Å². The number of amides is 1. The molecule has 1 heterocycles. The summed E-state index contributed by atoms with van der Waals surface area (Å²) in [4.78, 5) is 11.8. The Morgan fingerprint density at radius 2 is 2.37 bits per heavy atom. The molecular weight excluding hydrogens is 334 g/mol. The quantitative estimate of drug-likeness (QED) is 0.818. The molecular formula is C13H15BrClNO3. The number of rotatable bonds is 4. The van der Waals surface area contributed by atoms with Crippen molar-refractivity contribution in [3.05, 3.63) is 21.6 Å². The van der Waals surface area contributed by atoms with Gasteiger partial charge in [-0.2, -0.15) is 0 Å². The molecule has 0 aliphatic carbocycles. The van der Waals surface area contributed by atoms with Gasteiger partial charge >= 0.3 is 0 Å². The third-order valence-electron chi connectivity index (χ3n) is 3.10. The van der Waals surface area contributed by atoms with Crippen LogP contribution in [0, 0.1) is 5.92 Å². The van der Waals surface area contributed by atoms with E-state index in [-0.39, 0.29) is 17.3 Å². The van der Waals surface area contributed by atoms with E-state index >= 15 is 0 Å². The van der Waals surface area contributed by atoms with Gasteiger partial charge in [-0.25, -0.2) is 0 Å². The van der Waals surface area contributed by atoms with E-state index in [0.29, 0.717) is 21.8 Å². The Hall–Kier alpha value is -0.780. The van der Waals surface area contributed by atoms with Crippen LogP contribution in [0.2, 0.25) is 5.02 Å². The van der Waals surface area contributed by atoms with Crippen LogP contribution >= 0.6 is 27.5 Å². The van der Waals surface area contributed by atoms with Crippen molar-refractivity contribution in [2.24, 2.45) is 5.92 Å². The third kappa shape index (κ3) is 4.09. The lowest BCUT2D eigenvalue weighted by molar-refractivity contribution is -0.116. The molecule has 0 bridgehead atoms. The van der Waals surface area contributed by atoms with Crippen molar-refractivity contribution < 1.29 is 14.6 Å². The summed E-state index contributed by atoms with van der Waals surface area (Å²) in [6.07, 6.45) is 2.21. The summed E-state index contributed by atoms with van der Waals surface area (Å²) in [5.74, 6) is 0.267. The predicted molar refractivity (Wildman–Crippen MR) is 77.6 cm³/mol. The first kappa shape index (κ1) is 14.6. The minimum Gasteiger partial charge on any atom is -0.506 e. The molecule has 0 saturated carbocycles. The summed E-state index contributed by atoms with van der Waals surface area (Å²) in [5.41, 5.74) is 0.262. The highest BCUT2D eigenvalue weighted by atomic mass is 79.9. The van der Waals surface area contributed by atoms with Gasteiger partial charge in [0, 0.05) is 24.1 Å². The number of carbonyl (C=O) groups excluding carboxylic acids is 1. The summed E-state index contributed by atoms with van der Waals surface area (Å²) < 4.78 is 5.92. The molecule has 1 atom stereocenters. The van der Waals surface area contributed by atoms with E-state index < -0.39 is 0 Å². The summed E-state index contributed by atoms with van der Waals surface area (Å²) in [6.45, 7) is 1.52. The number of anilines is 1. The molecule has 1 amide bonds. The Morgan fingerprint density at radius 1 is 1.58 bits per heavy atom. The highest BCUT2D eigenvalue weighted by Gasteiger charge is 2.18. The largest absolute Gasteiger partial charge is 0.506 e. The van der Waals surface area contributed by atoms with Gasteiger partial charge in [-0.05, 0) is 30.9 Å². The molecule has 0 unspecified atom stereocenters. The van der Waals surface area contributed by atoms with Gasteiger partial charge in [0.2, 0.25) is 5.91 Å². The Kier molecular flexibility index (Phi) is 5.07. The van der Waals surface area contributed by atoms with Crippen molar-refractivity contribution >= 4 is 39.1 Å². The van der Waals surface area contributed by atoms with Crippen molar-refractivity contribution in [2.45, 2.75) is 19.3 Å². The highest BCUT2D eigenvalue weighted by molar-refractivity contribution is 9.10. The van der Waals surface area contributed by atoms with Crippen molar-refractivity contribution in [2.75, 3.05) is 18.5 Å². The molecule has 1 aliphatic heterocycles. The van der Waals surface area contributed by atoms with Crippen LogP contribution < -0.4 is 5.32 Å². The maximum atomic E-state index is 11.8. The van der Waals surface area contributed by atoms with E-state index in [1.54, 1.807) is 6.07 Å². The van der Waals surface area contributed by atoms with Gasteiger partial charge in [-0.1, -0.05) is 27.5 Å². The zero-order chi connectivity index (χ0) is 13.8. The number of aromatic hydroxyl groups is 1. The van der Waals surface area contributed by atoms with E-state index in [0.717, 1.165) is 26.1 Å². The van der Waals surface area contributed by atoms with E-state index in [4.69, 9.17) is 16.3 Å². The van der Waals surface area contributed by atoms with Crippen molar-refractivity contribution in [3.8, 4) is 5.75 Å². The zero-order valence-electron chi connectivity index (χ0n) is 10.3. The Bertz CT molecular complexity index is 452. The van der Waals surface area contributed by atoms with Crippen molar-refractivity contribution in [1.29, 1.82) is 0 Å². The minimum absolute atomic E-state index is 0.0445. The third-order valence-corrected chi connectivity index (χ3v) is 3.86. The first-order chi connectivity index (χ1) is 9.06. The number of benzene rings is 1. The molecule has 2 rings (SSSR count). The molecule has 19 heavy (non-hydrogen) atoms. The topological polar surface area (TPSA) is 58.6 Å². The van der Waals surface area contributed by atoms with Crippen LogP contribution in [-0.2, 0) is 9.53 Å². The fraction of sp³-hybridized carbons (Fsp3) is 0.462. The second-order valence-electron chi connectivity index (χ2n) is 4.60. The Morgan fingerprint density at radius 3 is 3.00 bits per heavy atom. The molecule has 1 saturated heterocycles. The highest BCUT2D eigenvalue weighted by Crippen LogP contribution is 2.35. The molecule has 1 fully saturated rings. The van der Waals surface area contributed by atoms with E-state index in [1.165, 1.54) is 6.07 Å². The standard InChI is InChI=1S/C13H15BrClNO3/c14-9-5-10(15)13(11(17)6-9)16-12(18)2-1-8-3-4-19-7-8/h5-6,8,17H,1-4,7H2,(H,16,18)/t8-/m1/s1. The molecule has 2 N–H and O–H groups in total. The van der Waals surface area contributed by atoms with Crippen LogP contribution in [0.3, 0.4) is 0 Å². The minimum atomic E-state index is -0.147. The van der Waals surface area contributed by atoms with Crippen LogP contribution in [0.1, 0.15) is 19.3 Å². The summed E-state index contributed by atoms with van der Waals surface area (Å²) in [5, 5.41) is 12.7. The number of nitrogens with one attached hydrogen (secondary N) is 1. The molecule has 1 aromatic carbocycles. The molecule has 1 aromatic rings. The maximum absolute atomic E-state index is 11.8. The Labute approximate surface area is 125 Å². The second kappa shape index (κ2) is 6.59. The first-order valence-corrected chi connectivity index (χ1v) is 7.29. The van der Waals surface area contributed by atoms with Gasteiger partial charge in [0.1, 0.15) is 11.4 Å². The van der Waals surface area contributed by atoms with Crippen LogP contribution in [0.25, 0.3) is 0 Å². The summed E-state index contributed by atoms with van der Waals surface area (Å²) in [7, 11) is 0. The van der Waals surface area contributed by atoms with Gasteiger partial charge in [-0.15, -0.1) is 0 Å². The van der Waals surface area contributed by atoms with E-state index in [1.807, 2.05) is 0 Å². The van der Waals surface area contributed by atoms with Gasteiger partial charge in [0.05, 0.1) is 5.02 Å². The first-order valence-electron chi connectivity index (χ1n) is 6.12. The lowest BCUT2D eigenvalue weighted by Crippen LogP contribution is -2.14. The van der Waals surface area contributed by atoms with E-state index in [9.17, 15) is 9.90 Å². The monoisotopic (exact) mass is 347 g/mol.